The second-order valence-corrected chi connectivity index (χ2v) is 9.27. The summed E-state index contributed by atoms with van der Waals surface area (Å²) in [6.45, 7) is -0.177. The van der Waals surface area contributed by atoms with Gasteiger partial charge >= 0.3 is 0 Å². The molecule has 0 bridgehead atoms. The molecule has 1 aliphatic heterocycles. The van der Waals surface area contributed by atoms with E-state index in [1.165, 1.54) is 11.8 Å². The molecule has 0 aliphatic carbocycles. The van der Waals surface area contributed by atoms with Crippen LogP contribution in [0, 0.1) is 0 Å². The zero-order chi connectivity index (χ0) is 24.1. The molecule has 2 N–H and O–H groups in total. The van der Waals surface area contributed by atoms with Gasteiger partial charge in [-0.15, -0.1) is 0 Å². The normalized spacial score (nSPS) is 15.4. The lowest BCUT2D eigenvalue weighted by atomic mass is 10.2. The van der Waals surface area contributed by atoms with Crippen molar-refractivity contribution < 1.29 is 14.3 Å². The van der Waals surface area contributed by atoms with Crippen LogP contribution in [0.5, 0.6) is 5.75 Å². The van der Waals surface area contributed by atoms with Crippen LogP contribution in [-0.2, 0) is 9.59 Å². The van der Waals surface area contributed by atoms with Crippen molar-refractivity contribution in [3.8, 4) is 5.75 Å². The molecule has 0 atom stereocenters. The van der Waals surface area contributed by atoms with Gasteiger partial charge in [0.1, 0.15) is 5.75 Å². The average molecular weight is 533 g/mol. The van der Waals surface area contributed by atoms with E-state index in [9.17, 15) is 9.59 Å². The Morgan fingerprint density at radius 2 is 1.74 bits per heavy atom. The van der Waals surface area contributed by atoms with Crippen LogP contribution in [0.15, 0.2) is 76.6 Å². The number of ether oxygens (including phenoxy) is 1. The summed E-state index contributed by atoms with van der Waals surface area (Å²) in [5, 5.41) is 7.30. The summed E-state index contributed by atoms with van der Waals surface area (Å²) in [5.41, 5.74) is 2.02. The molecule has 6 nitrogen and oxygen atoms in total. The van der Waals surface area contributed by atoms with Crippen molar-refractivity contribution >= 4 is 81.0 Å². The van der Waals surface area contributed by atoms with Crippen LogP contribution in [0.25, 0.3) is 6.08 Å². The lowest BCUT2D eigenvalue weighted by Crippen LogP contribution is -2.20. The van der Waals surface area contributed by atoms with Gasteiger partial charge in [-0.2, -0.15) is 0 Å². The minimum absolute atomic E-state index is 0.177. The number of rotatable bonds is 6. The maximum absolute atomic E-state index is 12.3. The molecule has 1 fully saturated rings. The average Bonchev–Trinajstić information content (AvgIpc) is 3.16. The van der Waals surface area contributed by atoms with Crippen LogP contribution in [0.1, 0.15) is 5.56 Å². The molecule has 1 heterocycles. The van der Waals surface area contributed by atoms with Crippen molar-refractivity contribution in [2.45, 2.75) is 0 Å². The first-order chi connectivity index (χ1) is 16.4. The van der Waals surface area contributed by atoms with Crippen LogP contribution in [0.4, 0.5) is 11.4 Å². The van der Waals surface area contributed by atoms with Gasteiger partial charge in [0, 0.05) is 10.7 Å². The number of benzene rings is 3. The molecule has 10 heteroatoms. The minimum atomic E-state index is -0.337. The molecule has 3 aromatic rings. The van der Waals surface area contributed by atoms with Gasteiger partial charge < -0.3 is 15.4 Å². The number of amidine groups is 1. The zero-order valence-corrected chi connectivity index (χ0v) is 20.4. The Hall–Kier alpha value is -2.97. The van der Waals surface area contributed by atoms with Crippen molar-refractivity contribution in [2.24, 2.45) is 4.99 Å². The maximum Gasteiger partial charge on any atom is 0.264 e. The molecule has 0 unspecified atom stereocenters. The van der Waals surface area contributed by atoms with Crippen molar-refractivity contribution in [3.05, 3.63) is 92.3 Å². The van der Waals surface area contributed by atoms with Crippen LogP contribution < -0.4 is 15.4 Å². The third-order valence-corrected chi connectivity index (χ3v) is 6.36. The number of carbonyl (C=O) groups is 2. The summed E-state index contributed by atoms with van der Waals surface area (Å²) >= 11 is 19.0. The van der Waals surface area contributed by atoms with Gasteiger partial charge in [-0.05, 0) is 78.0 Å². The number of hydrogen-bond acceptors (Lipinski definition) is 5. The zero-order valence-electron chi connectivity index (χ0n) is 17.3. The minimum Gasteiger partial charge on any atom is -0.484 e. The molecule has 4 rings (SSSR count). The van der Waals surface area contributed by atoms with E-state index >= 15 is 0 Å². The van der Waals surface area contributed by atoms with E-state index in [0.29, 0.717) is 42.3 Å². The summed E-state index contributed by atoms with van der Waals surface area (Å²) in [6.07, 6.45) is 1.76. The number of hydrogen-bond donors (Lipinski definition) is 2. The second-order valence-electron chi connectivity index (χ2n) is 6.99. The van der Waals surface area contributed by atoms with Gasteiger partial charge in [0.2, 0.25) is 0 Å². The van der Waals surface area contributed by atoms with E-state index in [1.54, 1.807) is 72.8 Å². The van der Waals surface area contributed by atoms with Crippen LogP contribution >= 0.6 is 46.6 Å². The Kier molecular flexibility index (Phi) is 7.80. The number of thioether (sulfide) groups is 1. The molecule has 3 aromatic carbocycles. The number of halogens is 3. The fourth-order valence-corrected chi connectivity index (χ4v) is 4.11. The van der Waals surface area contributed by atoms with Gasteiger partial charge in [0.15, 0.2) is 11.8 Å². The van der Waals surface area contributed by atoms with Crippen molar-refractivity contribution in [1.29, 1.82) is 0 Å². The predicted octanol–water partition coefficient (Wildman–Crippen LogP) is 6.56. The summed E-state index contributed by atoms with van der Waals surface area (Å²) in [5.74, 6) is -0.0481. The van der Waals surface area contributed by atoms with E-state index in [4.69, 9.17) is 39.5 Å². The van der Waals surface area contributed by atoms with Gasteiger partial charge in [0.25, 0.3) is 11.8 Å². The van der Waals surface area contributed by atoms with E-state index in [0.717, 1.165) is 5.56 Å². The van der Waals surface area contributed by atoms with Crippen molar-refractivity contribution in [1.82, 2.24) is 5.32 Å². The molecular formula is C24H16Cl3N3O3S. The number of aliphatic imine (C=N–C) groups is 1. The van der Waals surface area contributed by atoms with Crippen LogP contribution in [0.2, 0.25) is 15.1 Å². The second kappa shape index (κ2) is 11.0. The standard InChI is InChI=1S/C24H16Cl3N3O3S/c25-15-3-5-16(6-4-15)29-24-30-23(32)21(34-24)11-14-1-8-18(9-2-14)33-13-22(31)28-17-7-10-19(26)20(27)12-17/h1-12H,13H2,(H,28,31)(H,29,30,32)/b21-11+. The lowest BCUT2D eigenvalue weighted by Gasteiger charge is -2.08. The number of amides is 2. The van der Waals surface area contributed by atoms with E-state index < -0.39 is 0 Å². The van der Waals surface area contributed by atoms with Crippen molar-refractivity contribution in [3.63, 3.8) is 0 Å². The SMILES string of the molecule is O=C(COc1ccc(/C=C2/SC(=Nc3ccc(Cl)cc3)NC2=O)cc1)Nc1ccc(Cl)c(Cl)c1. The molecule has 0 aromatic heterocycles. The first-order valence-corrected chi connectivity index (χ1v) is 11.8. The molecule has 2 amide bonds. The number of nitrogens with zero attached hydrogens (tertiary/aromatic N) is 1. The third-order valence-electron chi connectivity index (χ3n) is 4.46. The fourth-order valence-electron chi connectivity index (χ4n) is 2.84. The van der Waals surface area contributed by atoms with Crippen LogP contribution in [-0.4, -0.2) is 23.6 Å². The van der Waals surface area contributed by atoms with Gasteiger partial charge in [-0.1, -0.05) is 46.9 Å². The smallest absolute Gasteiger partial charge is 0.264 e. The first kappa shape index (κ1) is 24.2. The summed E-state index contributed by atoms with van der Waals surface area (Å²) < 4.78 is 5.53. The monoisotopic (exact) mass is 531 g/mol. The quantitative estimate of drug-likeness (QED) is 0.353. The number of anilines is 1. The molecule has 1 saturated heterocycles. The summed E-state index contributed by atoms with van der Waals surface area (Å²) in [7, 11) is 0. The predicted molar refractivity (Wildman–Crippen MR) is 139 cm³/mol. The van der Waals surface area contributed by atoms with E-state index in [1.807, 2.05) is 0 Å². The lowest BCUT2D eigenvalue weighted by molar-refractivity contribution is -0.118. The Morgan fingerprint density at radius 1 is 1.00 bits per heavy atom. The molecule has 0 saturated carbocycles. The van der Waals surface area contributed by atoms with Gasteiger partial charge in [-0.25, -0.2) is 4.99 Å². The summed E-state index contributed by atoms with van der Waals surface area (Å²) in [6, 6.07) is 18.9. The van der Waals surface area contributed by atoms with E-state index in [-0.39, 0.29) is 18.4 Å². The van der Waals surface area contributed by atoms with E-state index in [2.05, 4.69) is 15.6 Å². The number of carbonyl (C=O) groups excluding carboxylic acids is 2. The maximum atomic E-state index is 12.3. The first-order valence-electron chi connectivity index (χ1n) is 9.89. The molecular weight excluding hydrogens is 517 g/mol. The molecule has 1 aliphatic rings. The summed E-state index contributed by atoms with van der Waals surface area (Å²) in [4.78, 5) is 29.3. The fraction of sp³-hybridized carbons (Fsp3) is 0.0417. The Morgan fingerprint density at radius 3 is 2.44 bits per heavy atom. The van der Waals surface area contributed by atoms with Crippen LogP contribution in [0.3, 0.4) is 0 Å². The van der Waals surface area contributed by atoms with Gasteiger partial charge in [0.05, 0.1) is 20.6 Å². The highest BCUT2D eigenvalue weighted by Crippen LogP contribution is 2.29. The largest absolute Gasteiger partial charge is 0.484 e. The Bertz CT molecular complexity index is 1290. The molecule has 0 spiro atoms. The number of nitrogens with one attached hydrogen (secondary N) is 2. The highest BCUT2D eigenvalue weighted by Gasteiger charge is 2.23. The van der Waals surface area contributed by atoms with Crippen molar-refractivity contribution in [2.75, 3.05) is 11.9 Å². The Labute approximate surface area is 215 Å². The van der Waals surface area contributed by atoms with Gasteiger partial charge in [-0.3, -0.25) is 9.59 Å². The third kappa shape index (κ3) is 6.55. The Balaban J connectivity index is 1.33. The molecule has 0 radical (unpaired) electrons. The highest BCUT2D eigenvalue weighted by atomic mass is 35.5. The highest BCUT2D eigenvalue weighted by molar-refractivity contribution is 8.18. The molecule has 34 heavy (non-hydrogen) atoms. The molecule has 172 valence electrons. The topological polar surface area (TPSA) is 79.8 Å².